The number of ether oxygens (including phenoxy) is 3. The molecule has 228 valence electrons. The maximum absolute atomic E-state index is 14.3. The molecule has 0 radical (unpaired) electrons. The summed E-state index contributed by atoms with van der Waals surface area (Å²) >= 11 is 0. The Kier molecular flexibility index (Phi) is 9.05. The van der Waals surface area contributed by atoms with Crippen LogP contribution < -0.4 is 28.7 Å². The molecule has 5 rings (SSSR count). The Morgan fingerprint density at radius 3 is 2.43 bits per heavy atom. The van der Waals surface area contributed by atoms with Crippen molar-refractivity contribution >= 4 is 33.2 Å². The van der Waals surface area contributed by atoms with Crippen molar-refractivity contribution in [3.05, 3.63) is 108 Å². The Morgan fingerprint density at radius 2 is 1.68 bits per heavy atom. The smallest absolute Gasteiger partial charge is 0.268 e. The second-order valence-electron chi connectivity index (χ2n) is 10.1. The van der Waals surface area contributed by atoms with E-state index >= 15 is 0 Å². The summed E-state index contributed by atoms with van der Waals surface area (Å²) < 4.78 is 46.3. The number of anilines is 2. The standard InChI is InChI=1S/C33H33N3O7S/c1-23-16-17-29(42-3)31(18-23)44(39,40)36(25-12-9-13-26(19-25)41-2)22-32(37)35-21-30(43-28-15-8-7-14-27(28)35)33(38)34-20-24-10-5-4-6-11-24/h4-19,30H,20-22H2,1-3H3,(H,34,38)/t30-/m1/s1. The molecule has 1 N–H and O–H groups in total. The number of amides is 2. The number of aryl methyl sites for hydroxylation is 1. The van der Waals surface area contributed by atoms with Crippen LogP contribution in [0.15, 0.2) is 102 Å². The molecule has 4 aromatic carbocycles. The molecule has 0 fully saturated rings. The molecule has 0 bridgehead atoms. The molecule has 0 aromatic heterocycles. The molecular formula is C33H33N3O7S. The third-order valence-corrected chi connectivity index (χ3v) is 8.98. The van der Waals surface area contributed by atoms with Gasteiger partial charge in [-0.15, -0.1) is 0 Å². The van der Waals surface area contributed by atoms with E-state index in [2.05, 4.69) is 5.32 Å². The zero-order valence-corrected chi connectivity index (χ0v) is 25.4. The lowest BCUT2D eigenvalue weighted by molar-refractivity contribution is -0.128. The van der Waals surface area contributed by atoms with Gasteiger partial charge in [0.2, 0.25) is 5.91 Å². The van der Waals surface area contributed by atoms with Crippen LogP contribution in [0.5, 0.6) is 17.2 Å². The zero-order chi connectivity index (χ0) is 31.3. The maximum atomic E-state index is 14.3. The van der Waals surface area contributed by atoms with Crippen LogP contribution in [-0.4, -0.2) is 53.6 Å². The van der Waals surface area contributed by atoms with Crippen molar-refractivity contribution in [1.82, 2.24) is 5.32 Å². The normalized spacial score (nSPS) is 14.2. The molecule has 0 unspecified atom stereocenters. The number of hydrogen-bond acceptors (Lipinski definition) is 7. The summed E-state index contributed by atoms with van der Waals surface area (Å²) in [6.07, 6.45) is -1.02. The highest BCUT2D eigenvalue weighted by Crippen LogP contribution is 2.35. The highest BCUT2D eigenvalue weighted by atomic mass is 32.2. The van der Waals surface area contributed by atoms with E-state index in [-0.39, 0.29) is 29.4 Å². The summed E-state index contributed by atoms with van der Waals surface area (Å²) in [4.78, 5) is 28.6. The molecule has 1 aliphatic heterocycles. The summed E-state index contributed by atoms with van der Waals surface area (Å²) in [7, 11) is -1.47. The van der Waals surface area contributed by atoms with Crippen LogP contribution in [-0.2, 0) is 26.2 Å². The Balaban J connectivity index is 1.48. The molecule has 1 atom stereocenters. The molecule has 1 heterocycles. The van der Waals surface area contributed by atoms with Gasteiger partial charge in [-0.05, 0) is 54.4 Å². The fourth-order valence-electron chi connectivity index (χ4n) is 4.90. The third-order valence-electron chi connectivity index (χ3n) is 7.18. The molecule has 0 saturated heterocycles. The van der Waals surface area contributed by atoms with Crippen molar-refractivity contribution in [3.8, 4) is 17.2 Å². The average Bonchev–Trinajstić information content (AvgIpc) is 3.05. The topological polar surface area (TPSA) is 114 Å². The summed E-state index contributed by atoms with van der Waals surface area (Å²) in [5.41, 5.74) is 2.27. The number of para-hydroxylation sites is 2. The Labute approximate surface area is 256 Å². The van der Waals surface area contributed by atoms with E-state index in [1.165, 1.54) is 25.2 Å². The lowest BCUT2D eigenvalue weighted by atomic mass is 10.1. The van der Waals surface area contributed by atoms with E-state index in [4.69, 9.17) is 14.2 Å². The van der Waals surface area contributed by atoms with Crippen LogP contribution in [0.2, 0.25) is 0 Å². The zero-order valence-electron chi connectivity index (χ0n) is 24.6. The van der Waals surface area contributed by atoms with E-state index in [0.29, 0.717) is 22.7 Å². The molecular weight excluding hydrogens is 582 g/mol. The minimum atomic E-state index is -4.33. The van der Waals surface area contributed by atoms with Crippen LogP contribution in [0.25, 0.3) is 0 Å². The van der Waals surface area contributed by atoms with Crippen LogP contribution in [0.4, 0.5) is 11.4 Å². The van der Waals surface area contributed by atoms with Gasteiger partial charge in [-0.25, -0.2) is 8.42 Å². The van der Waals surface area contributed by atoms with Gasteiger partial charge in [0.1, 0.15) is 28.7 Å². The first-order valence-corrected chi connectivity index (χ1v) is 15.3. The summed E-state index contributed by atoms with van der Waals surface area (Å²) in [5.74, 6) is -0.0632. The van der Waals surface area contributed by atoms with Gasteiger partial charge in [0, 0.05) is 12.6 Å². The first kappa shape index (κ1) is 30.4. The first-order valence-electron chi connectivity index (χ1n) is 13.9. The molecule has 11 heteroatoms. The van der Waals surface area contributed by atoms with Crippen molar-refractivity contribution in [1.29, 1.82) is 0 Å². The van der Waals surface area contributed by atoms with Crippen LogP contribution >= 0.6 is 0 Å². The molecule has 0 saturated carbocycles. The van der Waals surface area contributed by atoms with Gasteiger partial charge in [0.05, 0.1) is 32.1 Å². The minimum absolute atomic E-state index is 0.0869. The number of nitrogens with one attached hydrogen (secondary N) is 1. The maximum Gasteiger partial charge on any atom is 0.268 e. The monoisotopic (exact) mass is 615 g/mol. The summed E-state index contributed by atoms with van der Waals surface area (Å²) in [6, 6.07) is 27.5. The average molecular weight is 616 g/mol. The van der Waals surface area contributed by atoms with Crippen molar-refractivity contribution in [2.75, 3.05) is 36.5 Å². The first-order chi connectivity index (χ1) is 21.2. The van der Waals surface area contributed by atoms with Gasteiger partial charge < -0.3 is 24.4 Å². The number of hydrogen-bond donors (Lipinski definition) is 1. The van der Waals surface area contributed by atoms with Crippen molar-refractivity contribution < 1.29 is 32.2 Å². The Bertz CT molecular complexity index is 1760. The number of benzene rings is 4. The SMILES string of the molecule is COc1cccc(N(CC(=O)N2C[C@H](C(=O)NCc3ccccc3)Oc3ccccc32)S(=O)(=O)c2cc(C)ccc2OC)c1. The van der Waals surface area contributed by atoms with Crippen LogP contribution in [0.1, 0.15) is 11.1 Å². The number of nitrogens with zero attached hydrogens (tertiary/aromatic N) is 2. The van der Waals surface area contributed by atoms with E-state index in [1.54, 1.807) is 67.6 Å². The predicted octanol–water partition coefficient (Wildman–Crippen LogP) is 4.32. The molecule has 2 amide bonds. The Hall–Kier alpha value is -5.03. The highest BCUT2D eigenvalue weighted by molar-refractivity contribution is 7.93. The molecule has 44 heavy (non-hydrogen) atoms. The van der Waals surface area contributed by atoms with Gasteiger partial charge in [-0.2, -0.15) is 0 Å². The van der Waals surface area contributed by atoms with E-state index in [0.717, 1.165) is 9.87 Å². The Morgan fingerprint density at radius 1 is 0.932 bits per heavy atom. The highest BCUT2D eigenvalue weighted by Gasteiger charge is 2.37. The van der Waals surface area contributed by atoms with Gasteiger partial charge in [0.15, 0.2) is 6.10 Å². The van der Waals surface area contributed by atoms with Crippen LogP contribution in [0.3, 0.4) is 0 Å². The van der Waals surface area contributed by atoms with E-state index in [9.17, 15) is 18.0 Å². The second-order valence-corrected chi connectivity index (χ2v) is 12.0. The molecule has 1 aliphatic rings. The largest absolute Gasteiger partial charge is 0.497 e. The number of sulfonamides is 1. The van der Waals surface area contributed by atoms with E-state index < -0.39 is 34.5 Å². The van der Waals surface area contributed by atoms with Crippen molar-refractivity contribution in [2.24, 2.45) is 0 Å². The quantitative estimate of drug-likeness (QED) is 0.283. The van der Waals surface area contributed by atoms with Gasteiger partial charge >= 0.3 is 0 Å². The minimum Gasteiger partial charge on any atom is -0.497 e. The predicted molar refractivity (Wildman–Crippen MR) is 167 cm³/mol. The number of methoxy groups -OCH3 is 2. The fraction of sp³-hybridized carbons (Fsp3) is 0.212. The van der Waals surface area contributed by atoms with E-state index in [1.807, 2.05) is 30.3 Å². The summed E-state index contributed by atoms with van der Waals surface area (Å²) in [6.45, 7) is 1.37. The lowest BCUT2D eigenvalue weighted by Gasteiger charge is -2.35. The molecule has 0 aliphatic carbocycles. The summed E-state index contributed by atoms with van der Waals surface area (Å²) in [5, 5.41) is 2.87. The van der Waals surface area contributed by atoms with Gasteiger partial charge in [-0.3, -0.25) is 13.9 Å². The lowest BCUT2D eigenvalue weighted by Crippen LogP contribution is -2.53. The fourth-order valence-corrected chi connectivity index (χ4v) is 6.55. The number of fused-ring (bicyclic) bond motifs is 1. The third kappa shape index (κ3) is 6.47. The molecule has 4 aromatic rings. The van der Waals surface area contributed by atoms with Gasteiger partial charge in [-0.1, -0.05) is 54.6 Å². The van der Waals surface area contributed by atoms with Crippen molar-refractivity contribution in [3.63, 3.8) is 0 Å². The van der Waals surface area contributed by atoms with Crippen molar-refractivity contribution in [2.45, 2.75) is 24.5 Å². The van der Waals surface area contributed by atoms with Crippen LogP contribution in [0, 0.1) is 6.92 Å². The number of carbonyl (C=O) groups is 2. The molecule has 0 spiro atoms. The number of carbonyl (C=O) groups excluding carboxylic acids is 2. The molecule has 10 nitrogen and oxygen atoms in total. The number of rotatable bonds is 10. The second kappa shape index (κ2) is 13.1. The van der Waals surface area contributed by atoms with Gasteiger partial charge in [0.25, 0.3) is 15.9 Å².